The van der Waals surface area contributed by atoms with Crippen molar-refractivity contribution in [1.82, 2.24) is 5.06 Å². The third kappa shape index (κ3) is 1.16. The molecule has 0 saturated carbocycles. The number of hydrogen-bond donors (Lipinski definition) is 2. The van der Waals surface area contributed by atoms with Crippen LogP contribution in [0.5, 0.6) is 0 Å². The van der Waals surface area contributed by atoms with E-state index in [0.29, 0.717) is 0 Å². The van der Waals surface area contributed by atoms with Crippen molar-refractivity contribution in [3.05, 3.63) is 0 Å². The zero-order valence-electron chi connectivity index (χ0n) is 8.50. The first kappa shape index (κ1) is 10.5. The summed E-state index contributed by atoms with van der Waals surface area (Å²) < 4.78 is 0. The van der Waals surface area contributed by atoms with Gasteiger partial charge in [0, 0.05) is 12.0 Å². The predicted molar refractivity (Wildman–Crippen MR) is 47.0 cm³/mol. The predicted octanol–water partition coefficient (Wildman–Crippen LogP) is 0.893. The molecular formula is C9H16N2O2. The summed E-state index contributed by atoms with van der Waals surface area (Å²) >= 11 is 0. The maximum Gasteiger partial charge on any atom is 0.172 e. The molecule has 2 N–H and O–H groups in total. The van der Waals surface area contributed by atoms with Crippen molar-refractivity contribution in [3.8, 4) is 6.07 Å². The van der Waals surface area contributed by atoms with E-state index in [1.807, 2.05) is 6.07 Å². The van der Waals surface area contributed by atoms with Crippen molar-refractivity contribution in [3.63, 3.8) is 0 Å². The van der Waals surface area contributed by atoms with Gasteiger partial charge in [-0.15, -0.1) is 0 Å². The number of nitriles is 1. The van der Waals surface area contributed by atoms with Crippen molar-refractivity contribution in [1.29, 1.82) is 5.26 Å². The summed E-state index contributed by atoms with van der Waals surface area (Å²) in [5.74, 6) is 0. The van der Waals surface area contributed by atoms with Gasteiger partial charge in [-0.25, -0.2) is 0 Å². The minimum atomic E-state index is -1.48. The third-order valence-electron chi connectivity index (χ3n) is 2.99. The van der Waals surface area contributed by atoms with Gasteiger partial charge < -0.3 is 10.3 Å². The Bertz CT molecular complexity index is 267. The summed E-state index contributed by atoms with van der Waals surface area (Å²) in [5.41, 5.74) is -2.97. The van der Waals surface area contributed by atoms with Gasteiger partial charge in [0.1, 0.15) is 0 Å². The number of aliphatic hydroxyl groups is 1. The van der Waals surface area contributed by atoms with E-state index >= 15 is 0 Å². The molecule has 0 aliphatic carbocycles. The SMILES string of the molecule is CC1(C)CC(O)(C#N)C(C)(C)N1O. The molecule has 1 heterocycles. The van der Waals surface area contributed by atoms with Crippen LogP contribution in [0.3, 0.4) is 0 Å². The Morgan fingerprint density at radius 2 is 1.77 bits per heavy atom. The molecule has 1 fully saturated rings. The minimum Gasteiger partial charge on any atom is -0.373 e. The van der Waals surface area contributed by atoms with Crippen LogP contribution in [0.15, 0.2) is 0 Å². The van der Waals surface area contributed by atoms with Gasteiger partial charge >= 0.3 is 0 Å². The fourth-order valence-electron chi connectivity index (χ4n) is 2.03. The molecule has 4 nitrogen and oxygen atoms in total. The molecule has 74 valence electrons. The first-order valence-corrected chi connectivity index (χ1v) is 4.30. The molecule has 1 atom stereocenters. The minimum absolute atomic E-state index is 0.250. The van der Waals surface area contributed by atoms with Gasteiger partial charge in [0.2, 0.25) is 0 Å². The molecule has 0 amide bonds. The first-order valence-electron chi connectivity index (χ1n) is 4.30. The molecule has 4 heteroatoms. The van der Waals surface area contributed by atoms with E-state index in [0.717, 1.165) is 5.06 Å². The summed E-state index contributed by atoms with van der Waals surface area (Å²) in [4.78, 5) is 0. The molecule has 0 spiro atoms. The van der Waals surface area contributed by atoms with Crippen molar-refractivity contribution in [2.45, 2.75) is 50.8 Å². The molecule has 1 rings (SSSR count). The number of rotatable bonds is 0. The highest BCUT2D eigenvalue weighted by molar-refractivity contribution is 5.21. The zero-order chi connectivity index (χ0) is 10.5. The van der Waals surface area contributed by atoms with Crippen LogP contribution >= 0.6 is 0 Å². The molecule has 1 aliphatic heterocycles. The molecule has 0 aromatic rings. The topological polar surface area (TPSA) is 67.5 Å². The summed E-state index contributed by atoms with van der Waals surface area (Å²) in [5, 5.41) is 29.7. The van der Waals surface area contributed by atoms with Crippen LogP contribution in [0.2, 0.25) is 0 Å². The second-order valence-electron chi connectivity index (χ2n) is 4.83. The molecule has 1 saturated heterocycles. The molecule has 13 heavy (non-hydrogen) atoms. The van der Waals surface area contributed by atoms with E-state index < -0.39 is 16.7 Å². The summed E-state index contributed by atoms with van der Waals surface area (Å²) in [6.07, 6.45) is 0.250. The van der Waals surface area contributed by atoms with Crippen molar-refractivity contribution in [2.24, 2.45) is 0 Å². The number of hydroxylamine groups is 2. The lowest BCUT2D eigenvalue weighted by Crippen LogP contribution is -2.53. The Labute approximate surface area is 78.3 Å². The Kier molecular flexibility index (Phi) is 1.96. The van der Waals surface area contributed by atoms with Gasteiger partial charge in [0.15, 0.2) is 5.60 Å². The van der Waals surface area contributed by atoms with Crippen LogP contribution in [0, 0.1) is 11.3 Å². The van der Waals surface area contributed by atoms with Crippen molar-refractivity contribution >= 4 is 0 Å². The van der Waals surface area contributed by atoms with Crippen LogP contribution in [0.4, 0.5) is 0 Å². The summed E-state index contributed by atoms with van der Waals surface area (Å²) in [7, 11) is 0. The monoisotopic (exact) mass is 184 g/mol. The van der Waals surface area contributed by atoms with Gasteiger partial charge in [-0.3, -0.25) is 0 Å². The zero-order valence-corrected chi connectivity index (χ0v) is 8.50. The molecular weight excluding hydrogens is 168 g/mol. The molecule has 0 radical (unpaired) electrons. The Morgan fingerprint density at radius 3 is 1.92 bits per heavy atom. The van der Waals surface area contributed by atoms with E-state index in [2.05, 4.69) is 0 Å². The Hall–Kier alpha value is -0.630. The maximum absolute atomic E-state index is 9.97. The van der Waals surface area contributed by atoms with E-state index in [1.165, 1.54) is 0 Å². The average molecular weight is 184 g/mol. The highest BCUT2D eigenvalue weighted by atomic mass is 16.5. The third-order valence-corrected chi connectivity index (χ3v) is 2.99. The van der Waals surface area contributed by atoms with Gasteiger partial charge in [0.25, 0.3) is 0 Å². The highest BCUT2D eigenvalue weighted by Gasteiger charge is 2.61. The molecule has 0 aromatic carbocycles. The van der Waals surface area contributed by atoms with Crippen molar-refractivity contribution < 1.29 is 10.3 Å². The van der Waals surface area contributed by atoms with E-state index in [1.54, 1.807) is 27.7 Å². The van der Waals surface area contributed by atoms with E-state index in [-0.39, 0.29) is 6.42 Å². The van der Waals surface area contributed by atoms with Crippen molar-refractivity contribution in [2.75, 3.05) is 0 Å². The number of nitrogens with zero attached hydrogens (tertiary/aromatic N) is 2. The normalized spacial score (nSPS) is 37.3. The van der Waals surface area contributed by atoms with Gasteiger partial charge in [-0.05, 0) is 27.7 Å². The van der Waals surface area contributed by atoms with Crippen LogP contribution in [0.25, 0.3) is 0 Å². The van der Waals surface area contributed by atoms with Crippen LogP contribution in [-0.4, -0.2) is 32.1 Å². The average Bonchev–Trinajstić information content (AvgIpc) is 2.11. The van der Waals surface area contributed by atoms with Gasteiger partial charge in [-0.2, -0.15) is 10.3 Å². The largest absolute Gasteiger partial charge is 0.373 e. The Balaban J connectivity index is 3.17. The maximum atomic E-state index is 9.97. The molecule has 1 unspecified atom stereocenters. The molecule has 0 aromatic heterocycles. The van der Waals surface area contributed by atoms with Gasteiger partial charge in [-0.1, -0.05) is 0 Å². The lowest BCUT2D eigenvalue weighted by Gasteiger charge is -2.36. The first-order chi connectivity index (χ1) is 5.67. The second kappa shape index (κ2) is 2.44. The van der Waals surface area contributed by atoms with E-state index in [9.17, 15) is 10.3 Å². The number of hydrogen-bond acceptors (Lipinski definition) is 4. The second-order valence-corrected chi connectivity index (χ2v) is 4.83. The molecule has 0 bridgehead atoms. The van der Waals surface area contributed by atoms with Gasteiger partial charge in [0.05, 0.1) is 11.6 Å². The van der Waals surface area contributed by atoms with Crippen LogP contribution < -0.4 is 0 Å². The lowest BCUT2D eigenvalue weighted by atomic mass is 9.83. The summed E-state index contributed by atoms with van der Waals surface area (Å²) in [6, 6.07) is 1.87. The Morgan fingerprint density at radius 1 is 1.31 bits per heavy atom. The van der Waals surface area contributed by atoms with Crippen LogP contribution in [0.1, 0.15) is 34.1 Å². The standard InChI is InChI=1S/C9H16N2O2/c1-7(2)5-9(12,6-10)8(3,4)11(7)13/h12-13H,5H2,1-4H3. The van der Waals surface area contributed by atoms with Crippen LogP contribution in [-0.2, 0) is 0 Å². The van der Waals surface area contributed by atoms with E-state index in [4.69, 9.17) is 5.26 Å². The molecule has 1 aliphatic rings. The quantitative estimate of drug-likeness (QED) is 0.549. The fourth-order valence-corrected chi connectivity index (χ4v) is 2.03. The fraction of sp³-hybridized carbons (Fsp3) is 0.889. The highest BCUT2D eigenvalue weighted by Crippen LogP contribution is 2.45. The lowest BCUT2D eigenvalue weighted by molar-refractivity contribution is -0.207. The summed E-state index contributed by atoms with van der Waals surface area (Å²) in [6.45, 7) is 6.91. The smallest absolute Gasteiger partial charge is 0.172 e.